The quantitative estimate of drug-likeness (QED) is 0.709. The summed E-state index contributed by atoms with van der Waals surface area (Å²) in [7, 11) is 0. The number of fused-ring (bicyclic) bond motifs is 5. The van der Waals surface area contributed by atoms with Crippen molar-refractivity contribution >= 4 is 11.6 Å². The zero-order valence-electron chi connectivity index (χ0n) is 18.8. The normalized spacial score (nSPS) is 49.2. The Bertz CT molecular complexity index is 800. The molecule has 0 bridgehead atoms. The Kier molecular flexibility index (Phi) is 5.24. The smallest absolute Gasteiger partial charge is 0.162 e. The Labute approximate surface area is 184 Å². The van der Waals surface area contributed by atoms with E-state index in [0.717, 1.165) is 31.3 Å². The largest absolute Gasteiger partial charge is 0.393 e. The highest BCUT2D eigenvalue weighted by Crippen LogP contribution is 2.67. The second-order valence-corrected chi connectivity index (χ2v) is 11.2. The lowest BCUT2D eigenvalue weighted by atomic mass is 9.46. The van der Waals surface area contributed by atoms with E-state index < -0.39 is 17.1 Å². The molecule has 1 aliphatic heterocycles. The van der Waals surface area contributed by atoms with Crippen LogP contribution in [0.4, 0.5) is 0 Å². The molecule has 31 heavy (non-hydrogen) atoms. The summed E-state index contributed by atoms with van der Waals surface area (Å²) in [5, 5.41) is 22.2. The molecule has 0 aromatic heterocycles. The summed E-state index contributed by atoms with van der Waals surface area (Å²) >= 11 is 0. The van der Waals surface area contributed by atoms with Gasteiger partial charge in [0.15, 0.2) is 11.6 Å². The van der Waals surface area contributed by atoms with Gasteiger partial charge in [0.05, 0.1) is 24.4 Å². The summed E-state index contributed by atoms with van der Waals surface area (Å²) in [6.07, 6.45) is 6.94. The van der Waals surface area contributed by atoms with E-state index in [-0.39, 0.29) is 47.4 Å². The van der Waals surface area contributed by atoms with E-state index in [9.17, 15) is 19.8 Å². The van der Waals surface area contributed by atoms with Crippen molar-refractivity contribution in [2.24, 2.45) is 28.6 Å². The molecule has 172 valence electrons. The summed E-state index contributed by atoms with van der Waals surface area (Å²) < 4.78 is 11.1. The lowest BCUT2D eigenvalue weighted by Crippen LogP contribution is -2.59. The van der Waals surface area contributed by atoms with Crippen LogP contribution in [-0.4, -0.2) is 59.4 Å². The van der Waals surface area contributed by atoms with Crippen LogP contribution in [0.1, 0.15) is 65.2 Å². The number of allylic oxidation sites excluding steroid dienone is 1. The molecule has 2 N–H and O–H groups in total. The molecule has 5 rings (SSSR count). The second-order valence-electron chi connectivity index (χ2n) is 11.2. The van der Waals surface area contributed by atoms with E-state index in [1.807, 2.05) is 6.92 Å². The summed E-state index contributed by atoms with van der Waals surface area (Å²) in [6.45, 7) is 5.52. The molecule has 3 saturated carbocycles. The van der Waals surface area contributed by atoms with Crippen LogP contribution in [0.25, 0.3) is 0 Å². The first kappa shape index (κ1) is 21.7. The van der Waals surface area contributed by atoms with Crippen LogP contribution in [-0.2, 0) is 19.1 Å². The van der Waals surface area contributed by atoms with Crippen molar-refractivity contribution in [1.82, 2.24) is 0 Å². The first-order valence-corrected chi connectivity index (χ1v) is 12.1. The van der Waals surface area contributed by atoms with Crippen LogP contribution in [0.5, 0.6) is 0 Å². The fourth-order valence-corrected chi connectivity index (χ4v) is 7.78. The third-order valence-electron chi connectivity index (χ3n) is 9.81. The average molecular weight is 433 g/mol. The molecule has 8 atom stereocenters. The maximum Gasteiger partial charge on any atom is 0.162 e. The van der Waals surface area contributed by atoms with Gasteiger partial charge in [-0.05, 0) is 74.3 Å². The van der Waals surface area contributed by atoms with Crippen molar-refractivity contribution in [3.63, 3.8) is 0 Å². The van der Waals surface area contributed by atoms with E-state index >= 15 is 0 Å². The molecule has 0 amide bonds. The lowest BCUT2D eigenvalue weighted by Gasteiger charge is -2.59. The molecule has 0 aromatic carbocycles. The standard InChI is InChI=1S/C25H36O6/c1-23-7-3-15(26)11-20(23)21(27)12-19-17(23)4-8-24(2)18(5-9-25(19,24)29)22(28)14-31-16-6-10-30-13-16/h12,15-18,20,26,29H,3-11,13-14H2,1-2H3/t15?,16?,17?,18?,20?,23?,24?,25-/m1/s1. The van der Waals surface area contributed by atoms with E-state index in [2.05, 4.69) is 6.92 Å². The zero-order chi connectivity index (χ0) is 22.0. The molecule has 7 unspecified atom stereocenters. The van der Waals surface area contributed by atoms with Crippen LogP contribution in [0.15, 0.2) is 11.6 Å². The minimum atomic E-state index is -1.12. The summed E-state index contributed by atoms with van der Waals surface area (Å²) in [5.74, 6) is -0.170. The third kappa shape index (κ3) is 3.12. The van der Waals surface area contributed by atoms with Crippen molar-refractivity contribution in [2.75, 3.05) is 19.8 Å². The molecule has 4 fully saturated rings. The molecule has 0 radical (unpaired) electrons. The number of aliphatic hydroxyl groups excluding tert-OH is 1. The predicted octanol–water partition coefficient (Wildman–Crippen LogP) is 2.59. The number of hydrogen-bond donors (Lipinski definition) is 2. The number of ketones is 2. The van der Waals surface area contributed by atoms with Gasteiger partial charge >= 0.3 is 0 Å². The Morgan fingerprint density at radius 2 is 1.97 bits per heavy atom. The first-order valence-electron chi connectivity index (χ1n) is 12.1. The highest BCUT2D eigenvalue weighted by atomic mass is 16.5. The van der Waals surface area contributed by atoms with E-state index in [4.69, 9.17) is 9.47 Å². The highest BCUT2D eigenvalue weighted by Gasteiger charge is 2.66. The van der Waals surface area contributed by atoms with Gasteiger partial charge in [0.2, 0.25) is 0 Å². The summed E-state index contributed by atoms with van der Waals surface area (Å²) in [4.78, 5) is 26.3. The molecular formula is C25H36O6. The van der Waals surface area contributed by atoms with E-state index in [1.54, 1.807) is 6.08 Å². The van der Waals surface area contributed by atoms with Crippen molar-refractivity contribution in [3.8, 4) is 0 Å². The molecule has 1 saturated heterocycles. The van der Waals surface area contributed by atoms with Gasteiger partial charge in [-0.3, -0.25) is 9.59 Å². The maximum atomic E-state index is 13.2. The topological polar surface area (TPSA) is 93.1 Å². The Hall–Kier alpha value is -1.08. The predicted molar refractivity (Wildman–Crippen MR) is 113 cm³/mol. The van der Waals surface area contributed by atoms with Crippen LogP contribution < -0.4 is 0 Å². The van der Waals surface area contributed by atoms with Crippen LogP contribution in [0, 0.1) is 28.6 Å². The summed E-state index contributed by atoms with van der Waals surface area (Å²) in [6, 6.07) is 0. The van der Waals surface area contributed by atoms with E-state index in [0.29, 0.717) is 38.9 Å². The Balaban J connectivity index is 1.41. The number of carbonyl (C=O) groups is 2. The monoisotopic (exact) mass is 432 g/mol. The van der Waals surface area contributed by atoms with Crippen LogP contribution in [0.2, 0.25) is 0 Å². The number of aliphatic hydroxyl groups is 2. The molecule has 6 heteroatoms. The van der Waals surface area contributed by atoms with Gasteiger partial charge in [0.1, 0.15) is 6.61 Å². The number of hydrogen-bond acceptors (Lipinski definition) is 6. The van der Waals surface area contributed by atoms with E-state index in [1.165, 1.54) is 0 Å². The first-order chi connectivity index (χ1) is 14.7. The Morgan fingerprint density at radius 3 is 2.71 bits per heavy atom. The maximum absolute atomic E-state index is 13.2. The second kappa shape index (κ2) is 7.47. The van der Waals surface area contributed by atoms with Crippen molar-refractivity contribution < 1.29 is 29.3 Å². The van der Waals surface area contributed by atoms with Gasteiger partial charge in [0, 0.05) is 23.9 Å². The highest BCUT2D eigenvalue weighted by molar-refractivity contribution is 5.95. The Morgan fingerprint density at radius 1 is 1.16 bits per heavy atom. The van der Waals surface area contributed by atoms with Gasteiger partial charge in [-0.1, -0.05) is 13.8 Å². The SMILES string of the molecule is CC12CCC(O)CC1C(=O)C=C1C2CCC2(C)C(C(=O)COC3CCOC3)CC[C@@]12O. The lowest BCUT2D eigenvalue weighted by molar-refractivity contribution is -0.147. The van der Waals surface area contributed by atoms with Crippen molar-refractivity contribution in [1.29, 1.82) is 0 Å². The van der Waals surface area contributed by atoms with Gasteiger partial charge < -0.3 is 19.7 Å². The van der Waals surface area contributed by atoms with Gasteiger partial charge in [-0.2, -0.15) is 0 Å². The zero-order valence-corrected chi connectivity index (χ0v) is 18.8. The van der Waals surface area contributed by atoms with Crippen molar-refractivity contribution in [2.45, 2.75) is 83.0 Å². The minimum absolute atomic E-state index is 0.00927. The van der Waals surface area contributed by atoms with Crippen LogP contribution in [0.3, 0.4) is 0 Å². The molecule has 0 aromatic rings. The number of carbonyl (C=O) groups excluding carboxylic acids is 2. The minimum Gasteiger partial charge on any atom is -0.393 e. The third-order valence-corrected chi connectivity index (χ3v) is 9.81. The fraction of sp³-hybridized carbons (Fsp3) is 0.840. The molecule has 1 heterocycles. The fourth-order valence-electron chi connectivity index (χ4n) is 7.78. The molecule has 0 spiro atoms. The molecule has 6 nitrogen and oxygen atoms in total. The van der Waals surface area contributed by atoms with Gasteiger partial charge in [-0.25, -0.2) is 0 Å². The van der Waals surface area contributed by atoms with Crippen molar-refractivity contribution in [3.05, 3.63) is 11.6 Å². The number of ether oxygens (including phenoxy) is 2. The average Bonchev–Trinajstić information content (AvgIpc) is 3.34. The van der Waals surface area contributed by atoms with Crippen LogP contribution >= 0.6 is 0 Å². The summed E-state index contributed by atoms with van der Waals surface area (Å²) in [5.41, 5.74) is -1.04. The van der Waals surface area contributed by atoms with Gasteiger partial charge in [0.25, 0.3) is 0 Å². The molecule has 5 aliphatic rings. The van der Waals surface area contributed by atoms with Gasteiger partial charge in [-0.15, -0.1) is 0 Å². The number of Topliss-reactive ketones (excluding diaryl/α,β-unsaturated/α-hetero) is 1. The molecular weight excluding hydrogens is 396 g/mol. The number of rotatable bonds is 4. The molecule has 4 aliphatic carbocycles.